The van der Waals surface area contributed by atoms with Gasteiger partial charge in [0.15, 0.2) is 0 Å². The predicted molar refractivity (Wildman–Crippen MR) is 63.4 cm³/mol. The van der Waals surface area contributed by atoms with Crippen LogP contribution in [0.3, 0.4) is 0 Å². The molecule has 1 amide bonds. The van der Waals surface area contributed by atoms with Crippen molar-refractivity contribution in [3.8, 4) is 0 Å². The van der Waals surface area contributed by atoms with E-state index in [9.17, 15) is 4.79 Å². The molecule has 15 heavy (non-hydrogen) atoms. The number of hydrogen-bond acceptors (Lipinski definition) is 1. The quantitative estimate of drug-likeness (QED) is 0.810. The summed E-state index contributed by atoms with van der Waals surface area (Å²) in [5.41, 5.74) is 0.766. The van der Waals surface area contributed by atoms with Gasteiger partial charge >= 0.3 is 0 Å². The molecule has 0 saturated heterocycles. The molecule has 0 unspecified atom stereocenters. The molecule has 80 valence electrons. The summed E-state index contributed by atoms with van der Waals surface area (Å²) in [6, 6.07) is 5.08. The maximum atomic E-state index is 11.4. The number of rotatable bonds is 4. The molecule has 0 aliphatic rings. The number of carbonyl (C=O) groups is 1. The van der Waals surface area contributed by atoms with Gasteiger partial charge < -0.3 is 5.32 Å². The van der Waals surface area contributed by atoms with Crippen LogP contribution in [0.2, 0.25) is 10.0 Å². The Hall–Kier alpha value is -0.990. The van der Waals surface area contributed by atoms with Gasteiger partial charge in [-0.3, -0.25) is 4.79 Å². The summed E-state index contributed by atoms with van der Waals surface area (Å²) >= 11 is 11.7. The molecule has 0 fully saturated rings. The number of halogens is 2. The highest BCUT2D eigenvalue weighted by atomic mass is 35.5. The predicted octanol–water partition coefficient (Wildman–Crippen LogP) is 2.84. The Morgan fingerprint density at radius 1 is 1.47 bits per heavy atom. The van der Waals surface area contributed by atoms with Crippen LogP contribution in [0, 0.1) is 0 Å². The fraction of sp³-hybridized carbons (Fsp3) is 0.182. The fourth-order valence-electron chi connectivity index (χ4n) is 1.09. The third-order valence-electron chi connectivity index (χ3n) is 1.81. The number of amides is 1. The molecule has 0 saturated carbocycles. The first-order valence-corrected chi connectivity index (χ1v) is 5.20. The minimum absolute atomic E-state index is 0.0841. The second-order valence-corrected chi connectivity index (χ2v) is 3.85. The van der Waals surface area contributed by atoms with Crippen molar-refractivity contribution < 1.29 is 4.79 Å². The molecule has 0 bridgehead atoms. The van der Waals surface area contributed by atoms with Gasteiger partial charge in [0.05, 0.1) is 6.42 Å². The van der Waals surface area contributed by atoms with Crippen molar-refractivity contribution in [1.29, 1.82) is 0 Å². The standard InChI is InChI=1S/C11H11Cl2NO/c1-2-5-14-11(15)6-8-3-4-9(12)7-10(8)13/h2-4,7H,1,5-6H2,(H,14,15). The molecule has 1 aromatic rings. The van der Waals surface area contributed by atoms with Crippen molar-refractivity contribution in [2.24, 2.45) is 0 Å². The Labute approximate surface area is 98.9 Å². The average Bonchev–Trinajstić information content (AvgIpc) is 2.19. The molecule has 2 nitrogen and oxygen atoms in total. The molecule has 0 radical (unpaired) electrons. The number of carbonyl (C=O) groups excluding carboxylic acids is 1. The zero-order valence-electron chi connectivity index (χ0n) is 8.09. The van der Waals surface area contributed by atoms with Crippen LogP contribution in [0.4, 0.5) is 0 Å². The Morgan fingerprint density at radius 3 is 2.80 bits per heavy atom. The van der Waals surface area contributed by atoms with Crippen LogP contribution in [0.25, 0.3) is 0 Å². The van der Waals surface area contributed by atoms with Gasteiger partial charge in [-0.2, -0.15) is 0 Å². The fourth-order valence-corrected chi connectivity index (χ4v) is 1.56. The molecule has 1 aromatic carbocycles. The first kappa shape index (κ1) is 12.1. The van der Waals surface area contributed by atoms with E-state index in [0.29, 0.717) is 16.6 Å². The van der Waals surface area contributed by atoms with Crippen LogP contribution in [0.15, 0.2) is 30.9 Å². The van der Waals surface area contributed by atoms with E-state index in [1.54, 1.807) is 24.3 Å². The third-order valence-corrected chi connectivity index (χ3v) is 2.40. The lowest BCUT2D eigenvalue weighted by molar-refractivity contribution is -0.120. The Bertz CT molecular complexity index is 377. The van der Waals surface area contributed by atoms with Crippen molar-refractivity contribution in [1.82, 2.24) is 5.32 Å². The maximum absolute atomic E-state index is 11.4. The SMILES string of the molecule is C=CCNC(=O)Cc1ccc(Cl)cc1Cl. The summed E-state index contributed by atoms with van der Waals surface area (Å²) in [5.74, 6) is -0.0841. The molecule has 0 heterocycles. The van der Waals surface area contributed by atoms with E-state index in [0.717, 1.165) is 5.56 Å². The van der Waals surface area contributed by atoms with E-state index in [4.69, 9.17) is 23.2 Å². The summed E-state index contributed by atoms with van der Waals surface area (Å²) in [4.78, 5) is 11.4. The Morgan fingerprint density at radius 2 is 2.20 bits per heavy atom. The average molecular weight is 244 g/mol. The van der Waals surface area contributed by atoms with Gasteiger partial charge in [-0.25, -0.2) is 0 Å². The maximum Gasteiger partial charge on any atom is 0.224 e. The first-order valence-electron chi connectivity index (χ1n) is 4.45. The Kier molecular flexibility index (Phi) is 4.66. The molecule has 0 aliphatic heterocycles. The monoisotopic (exact) mass is 243 g/mol. The van der Waals surface area contributed by atoms with Crippen LogP contribution < -0.4 is 5.32 Å². The van der Waals surface area contributed by atoms with Crippen LogP contribution in [-0.4, -0.2) is 12.5 Å². The van der Waals surface area contributed by atoms with Crippen LogP contribution >= 0.6 is 23.2 Å². The van der Waals surface area contributed by atoms with Gasteiger partial charge in [-0.1, -0.05) is 35.3 Å². The molecule has 0 spiro atoms. The molecule has 0 aromatic heterocycles. The largest absolute Gasteiger partial charge is 0.352 e. The summed E-state index contributed by atoms with van der Waals surface area (Å²) in [6.45, 7) is 3.97. The lowest BCUT2D eigenvalue weighted by Gasteiger charge is -2.04. The molecular formula is C11H11Cl2NO. The number of benzene rings is 1. The third kappa shape index (κ3) is 3.94. The molecular weight excluding hydrogens is 233 g/mol. The normalized spacial score (nSPS) is 9.73. The minimum atomic E-state index is -0.0841. The van der Waals surface area contributed by atoms with Gasteiger partial charge in [-0.05, 0) is 17.7 Å². The summed E-state index contributed by atoms with van der Waals surface area (Å²) < 4.78 is 0. The molecule has 1 rings (SSSR count). The van der Waals surface area contributed by atoms with E-state index >= 15 is 0 Å². The molecule has 1 N–H and O–H groups in total. The van der Waals surface area contributed by atoms with E-state index in [1.165, 1.54) is 0 Å². The lowest BCUT2D eigenvalue weighted by atomic mass is 10.1. The summed E-state index contributed by atoms with van der Waals surface area (Å²) in [6.07, 6.45) is 1.88. The zero-order chi connectivity index (χ0) is 11.3. The highest BCUT2D eigenvalue weighted by Gasteiger charge is 2.06. The molecule has 4 heteroatoms. The summed E-state index contributed by atoms with van der Waals surface area (Å²) in [5, 5.41) is 3.75. The topological polar surface area (TPSA) is 29.1 Å². The van der Waals surface area contributed by atoms with Gasteiger partial charge in [0.1, 0.15) is 0 Å². The van der Waals surface area contributed by atoms with E-state index in [1.807, 2.05) is 0 Å². The van der Waals surface area contributed by atoms with Crippen LogP contribution in [0.1, 0.15) is 5.56 Å². The van der Waals surface area contributed by atoms with Crippen molar-refractivity contribution in [2.75, 3.05) is 6.54 Å². The number of nitrogens with one attached hydrogen (secondary N) is 1. The second-order valence-electron chi connectivity index (χ2n) is 3.01. The van der Waals surface area contributed by atoms with Gasteiger partial charge in [0, 0.05) is 16.6 Å². The minimum Gasteiger partial charge on any atom is -0.352 e. The van der Waals surface area contributed by atoms with Crippen molar-refractivity contribution in [3.63, 3.8) is 0 Å². The number of hydrogen-bond donors (Lipinski definition) is 1. The van der Waals surface area contributed by atoms with Gasteiger partial charge in [0.2, 0.25) is 5.91 Å². The molecule has 0 atom stereocenters. The smallest absolute Gasteiger partial charge is 0.224 e. The molecule has 0 aliphatic carbocycles. The van der Waals surface area contributed by atoms with Crippen LogP contribution in [-0.2, 0) is 11.2 Å². The van der Waals surface area contributed by atoms with Crippen molar-refractivity contribution in [2.45, 2.75) is 6.42 Å². The van der Waals surface area contributed by atoms with E-state index < -0.39 is 0 Å². The van der Waals surface area contributed by atoms with Crippen LogP contribution in [0.5, 0.6) is 0 Å². The van der Waals surface area contributed by atoms with E-state index in [2.05, 4.69) is 11.9 Å². The Balaban J connectivity index is 2.64. The second kappa shape index (κ2) is 5.79. The van der Waals surface area contributed by atoms with Crippen molar-refractivity contribution in [3.05, 3.63) is 46.5 Å². The highest BCUT2D eigenvalue weighted by molar-refractivity contribution is 6.35. The van der Waals surface area contributed by atoms with E-state index in [-0.39, 0.29) is 12.3 Å². The zero-order valence-corrected chi connectivity index (χ0v) is 9.61. The lowest BCUT2D eigenvalue weighted by Crippen LogP contribution is -2.25. The van der Waals surface area contributed by atoms with Gasteiger partial charge in [0.25, 0.3) is 0 Å². The summed E-state index contributed by atoms with van der Waals surface area (Å²) in [7, 11) is 0. The highest BCUT2D eigenvalue weighted by Crippen LogP contribution is 2.21. The van der Waals surface area contributed by atoms with Gasteiger partial charge in [-0.15, -0.1) is 6.58 Å². The first-order chi connectivity index (χ1) is 7.13. The van der Waals surface area contributed by atoms with Crippen molar-refractivity contribution >= 4 is 29.1 Å².